The molecule has 1 saturated carbocycles. The lowest BCUT2D eigenvalue weighted by Crippen LogP contribution is -2.45. The minimum absolute atomic E-state index is 0.137. The SMILES string of the molecule is Cc1noc(C)c1CN1CCC[C@@](CO)(CC2CC2)C1. The molecule has 0 radical (unpaired) electrons. The minimum Gasteiger partial charge on any atom is -0.396 e. The van der Waals surface area contributed by atoms with Crippen molar-refractivity contribution in [2.45, 2.75) is 52.5 Å². The number of aliphatic hydroxyl groups is 1. The smallest absolute Gasteiger partial charge is 0.138 e. The van der Waals surface area contributed by atoms with Crippen molar-refractivity contribution in [2.75, 3.05) is 19.7 Å². The highest BCUT2D eigenvalue weighted by atomic mass is 16.5. The first kappa shape index (κ1) is 14.1. The first-order chi connectivity index (χ1) is 9.62. The van der Waals surface area contributed by atoms with E-state index in [1.54, 1.807) is 0 Å². The van der Waals surface area contributed by atoms with Crippen LogP contribution in [0.3, 0.4) is 0 Å². The van der Waals surface area contributed by atoms with E-state index < -0.39 is 0 Å². The van der Waals surface area contributed by atoms with E-state index in [0.29, 0.717) is 6.61 Å². The van der Waals surface area contributed by atoms with Gasteiger partial charge in [0.25, 0.3) is 0 Å². The topological polar surface area (TPSA) is 49.5 Å². The Balaban J connectivity index is 1.67. The zero-order chi connectivity index (χ0) is 14.2. The van der Waals surface area contributed by atoms with Gasteiger partial charge in [0.15, 0.2) is 0 Å². The molecule has 4 nitrogen and oxygen atoms in total. The molecule has 0 amide bonds. The summed E-state index contributed by atoms with van der Waals surface area (Å²) in [5.74, 6) is 1.81. The van der Waals surface area contributed by atoms with Gasteiger partial charge in [0.05, 0.1) is 5.69 Å². The van der Waals surface area contributed by atoms with E-state index in [9.17, 15) is 5.11 Å². The number of hydrogen-bond acceptors (Lipinski definition) is 4. The average Bonchev–Trinajstić information content (AvgIpc) is 3.20. The fourth-order valence-corrected chi connectivity index (χ4v) is 3.69. The van der Waals surface area contributed by atoms with Crippen molar-refractivity contribution in [1.82, 2.24) is 10.1 Å². The van der Waals surface area contributed by atoms with Gasteiger partial charge < -0.3 is 9.63 Å². The maximum absolute atomic E-state index is 9.91. The van der Waals surface area contributed by atoms with Gasteiger partial charge in [-0.2, -0.15) is 0 Å². The Morgan fingerprint density at radius 3 is 2.80 bits per heavy atom. The fraction of sp³-hybridized carbons (Fsp3) is 0.812. The fourth-order valence-electron chi connectivity index (χ4n) is 3.69. The number of hydrogen-bond donors (Lipinski definition) is 1. The van der Waals surface area contributed by atoms with Crippen LogP contribution in [0.25, 0.3) is 0 Å². The second kappa shape index (κ2) is 5.49. The molecule has 112 valence electrons. The van der Waals surface area contributed by atoms with Gasteiger partial charge in [0.2, 0.25) is 0 Å². The number of piperidine rings is 1. The van der Waals surface area contributed by atoms with E-state index in [2.05, 4.69) is 10.1 Å². The van der Waals surface area contributed by atoms with Crippen LogP contribution in [0, 0.1) is 25.2 Å². The molecule has 1 atom stereocenters. The zero-order valence-corrected chi connectivity index (χ0v) is 12.7. The molecule has 1 aliphatic heterocycles. The second-order valence-corrected chi connectivity index (χ2v) is 6.92. The van der Waals surface area contributed by atoms with E-state index in [-0.39, 0.29) is 5.41 Å². The average molecular weight is 278 g/mol. The Hall–Kier alpha value is -0.870. The highest BCUT2D eigenvalue weighted by Gasteiger charge is 2.39. The first-order valence-corrected chi connectivity index (χ1v) is 7.87. The van der Waals surface area contributed by atoms with Crippen molar-refractivity contribution < 1.29 is 9.63 Å². The molecule has 4 heteroatoms. The van der Waals surface area contributed by atoms with Crippen LogP contribution in [-0.2, 0) is 6.54 Å². The predicted molar refractivity (Wildman–Crippen MR) is 77.3 cm³/mol. The number of aromatic nitrogens is 1. The summed E-state index contributed by atoms with van der Waals surface area (Å²) in [4.78, 5) is 2.48. The number of nitrogens with zero attached hydrogens (tertiary/aromatic N) is 2. The van der Waals surface area contributed by atoms with Crippen molar-refractivity contribution in [2.24, 2.45) is 11.3 Å². The van der Waals surface area contributed by atoms with Crippen LogP contribution in [0.15, 0.2) is 4.52 Å². The lowest BCUT2D eigenvalue weighted by molar-refractivity contribution is 0.0178. The Morgan fingerprint density at radius 1 is 1.40 bits per heavy atom. The summed E-state index contributed by atoms with van der Waals surface area (Å²) in [6.07, 6.45) is 6.31. The van der Waals surface area contributed by atoms with E-state index in [1.807, 2.05) is 13.8 Å². The summed E-state index contributed by atoms with van der Waals surface area (Å²) in [5.41, 5.74) is 2.37. The summed E-state index contributed by atoms with van der Waals surface area (Å²) in [6, 6.07) is 0. The summed E-state index contributed by atoms with van der Waals surface area (Å²) < 4.78 is 5.26. The van der Waals surface area contributed by atoms with Gasteiger partial charge in [0.1, 0.15) is 5.76 Å². The van der Waals surface area contributed by atoms with Gasteiger partial charge in [-0.3, -0.25) is 4.90 Å². The molecule has 1 aliphatic carbocycles. The summed E-state index contributed by atoms with van der Waals surface area (Å²) in [7, 11) is 0. The van der Waals surface area contributed by atoms with Gasteiger partial charge in [-0.1, -0.05) is 18.0 Å². The molecule has 1 saturated heterocycles. The van der Waals surface area contributed by atoms with E-state index in [0.717, 1.165) is 37.0 Å². The van der Waals surface area contributed by atoms with Crippen molar-refractivity contribution in [3.8, 4) is 0 Å². The lowest BCUT2D eigenvalue weighted by atomic mass is 9.76. The molecule has 0 bridgehead atoms. The quantitative estimate of drug-likeness (QED) is 0.899. The Kier molecular flexibility index (Phi) is 3.87. The summed E-state index contributed by atoms with van der Waals surface area (Å²) in [5, 5.41) is 14.0. The van der Waals surface area contributed by atoms with Crippen molar-refractivity contribution in [3.05, 3.63) is 17.0 Å². The molecule has 1 N–H and O–H groups in total. The maximum Gasteiger partial charge on any atom is 0.138 e. The monoisotopic (exact) mass is 278 g/mol. The van der Waals surface area contributed by atoms with Crippen molar-refractivity contribution in [3.63, 3.8) is 0 Å². The Labute approximate surface area is 121 Å². The summed E-state index contributed by atoms with van der Waals surface area (Å²) >= 11 is 0. The van der Waals surface area contributed by atoms with Gasteiger partial charge >= 0.3 is 0 Å². The third kappa shape index (κ3) is 2.91. The van der Waals surface area contributed by atoms with Crippen LogP contribution >= 0.6 is 0 Å². The third-order valence-corrected chi connectivity index (χ3v) is 5.06. The molecule has 1 aromatic rings. The van der Waals surface area contributed by atoms with Crippen LogP contribution in [0.5, 0.6) is 0 Å². The van der Waals surface area contributed by atoms with Gasteiger partial charge in [-0.05, 0) is 45.6 Å². The molecule has 2 heterocycles. The first-order valence-electron chi connectivity index (χ1n) is 7.87. The Bertz CT molecular complexity index is 448. The number of rotatable bonds is 5. The van der Waals surface area contributed by atoms with Crippen molar-refractivity contribution >= 4 is 0 Å². The normalized spacial score (nSPS) is 27.9. The van der Waals surface area contributed by atoms with Crippen molar-refractivity contribution in [1.29, 1.82) is 0 Å². The number of likely N-dealkylation sites (tertiary alicyclic amines) is 1. The molecule has 2 fully saturated rings. The third-order valence-electron chi connectivity index (χ3n) is 5.06. The molecule has 20 heavy (non-hydrogen) atoms. The molecular formula is C16H26N2O2. The van der Waals surface area contributed by atoms with Crippen LogP contribution in [0.2, 0.25) is 0 Å². The van der Waals surface area contributed by atoms with Gasteiger partial charge in [0, 0.05) is 30.7 Å². The van der Waals surface area contributed by atoms with Crippen LogP contribution in [0.1, 0.15) is 49.1 Å². The van der Waals surface area contributed by atoms with Crippen LogP contribution in [0.4, 0.5) is 0 Å². The zero-order valence-electron chi connectivity index (χ0n) is 12.7. The summed E-state index contributed by atoms with van der Waals surface area (Å²) in [6.45, 7) is 7.39. The molecular weight excluding hydrogens is 252 g/mol. The standard InChI is InChI=1S/C16H26N2O2/c1-12-15(13(2)20-17-12)9-18-7-3-6-16(10-18,11-19)8-14-4-5-14/h14,19H,3-11H2,1-2H3/t16-/m1/s1. The molecule has 2 aliphatic rings. The maximum atomic E-state index is 9.91. The molecule has 1 aromatic heterocycles. The van der Waals surface area contributed by atoms with Crippen LogP contribution < -0.4 is 0 Å². The second-order valence-electron chi connectivity index (χ2n) is 6.92. The lowest BCUT2D eigenvalue weighted by Gasteiger charge is -2.42. The van der Waals surface area contributed by atoms with E-state index in [1.165, 1.54) is 37.7 Å². The minimum atomic E-state index is 0.137. The number of aliphatic hydroxyl groups excluding tert-OH is 1. The highest BCUT2D eigenvalue weighted by molar-refractivity contribution is 5.20. The molecule has 0 aromatic carbocycles. The van der Waals surface area contributed by atoms with Gasteiger partial charge in [-0.25, -0.2) is 0 Å². The molecule has 0 unspecified atom stereocenters. The van der Waals surface area contributed by atoms with Crippen LogP contribution in [-0.4, -0.2) is 34.9 Å². The largest absolute Gasteiger partial charge is 0.396 e. The van der Waals surface area contributed by atoms with E-state index in [4.69, 9.17) is 4.52 Å². The number of aryl methyl sites for hydroxylation is 2. The molecule has 0 spiro atoms. The predicted octanol–water partition coefficient (Wildman–Crippen LogP) is 2.67. The highest BCUT2D eigenvalue weighted by Crippen LogP contribution is 2.44. The molecule has 3 rings (SSSR count). The van der Waals surface area contributed by atoms with Gasteiger partial charge in [-0.15, -0.1) is 0 Å². The van der Waals surface area contributed by atoms with E-state index >= 15 is 0 Å². The Morgan fingerprint density at radius 2 is 2.20 bits per heavy atom.